The van der Waals surface area contributed by atoms with Gasteiger partial charge in [-0.2, -0.15) is 0 Å². The van der Waals surface area contributed by atoms with Crippen molar-refractivity contribution in [3.63, 3.8) is 0 Å². The lowest BCUT2D eigenvalue weighted by molar-refractivity contribution is -0.132. The number of hydrogen-bond donors (Lipinski definition) is 1. The highest BCUT2D eigenvalue weighted by atomic mass is 32.1. The summed E-state index contributed by atoms with van der Waals surface area (Å²) in [6.45, 7) is 5.18. The first-order valence-corrected chi connectivity index (χ1v) is 15.0. The first kappa shape index (κ1) is 29.9. The Morgan fingerprint density at radius 1 is 0.884 bits per heavy atom. The number of carbonyl (C=O) groups excluding carboxylic acids is 2. The molecule has 1 saturated heterocycles. The Morgan fingerprint density at radius 3 is 2.35 bits per heavy atom. The van der Waals surface area contributed by atoms with Crippen molar-refractivity contribution >= 4 is 44.1 Å². The van der Waals surface area contributed by atoms with E-state index < -0.39 is 17.7 Å². The summed E-state index contributed by atoms with van der Waals surface area (Å²) in [6.07, 6.45) is 2.72. The Balaban J connectivity index is 1.64. The molecule has 9 nitrogen and oxygen atoms in total. The normalized spacial score (nSPS) is 16.1. The minimum Gasteiger partial charge on any atom is -0.507 e. The van der Waals surface area contributed by atoms with Gasteiger partial charge in [0.2, 0.25) is 0 Å². The molecule has 1 aromatic heterocycles. The molecular formula is C33H34N2O7S. The molecule has 1 aliphatic rings. The van der Waals surface area contributed by atoms with E-state index >= 15 is 0 Å². The van der Waals surface area contributed by atoms with Crippen molar-refractivity contribution < 1.29 is 33.6 Å². The maximum Gasteiger partial charge on any atom is 0.301 e. The fourth-order valence-corrected chi connectivity index (χ4v) is 5.87. The number of anilines is 1. The summed E-state index contributed by atoms with van der Waals surface area (Å²) in [5.74, 6) is 0.394. The molecule has 1 aliphatic heterocycles. The van der Waals surface area contributed by atoms with E-state index in [4.69, 9.17) is 18.9 Å². The van der Waals surface area contributed by atoms with E-state index in [0.717, 1.165) is 24.0 Å². The lowest BCUT2D eigenvalue weighted by Crippen LogP contribution is -2.29. The van der Waals surface area contributed by atoms with Crippen molar-refractivity contribution in [1.29, 1.82) is 0 Å². The van der Waals surface area contributed by atoms with E-state index in [1.165, 1.54) is 23.3 Å². The third-order valence-corrected chi connectivity index (χ3v) is 8.11. The molecule has 1 fully saturated rings. The van der Waals surface area contributed by atoms with Gasteiger partial charge in [0.05, 0.1) is 49.3 Å². The number of ketones is 1. The van der Waals surface area contributed by atoms with Crippen LogP contribution in [0.4, 0.5) is 5.13 Å². The van der Waals surface area contributed by atoms with E-state index in [2.05, 4.69) is 11.9 Å². The van der Waals surface area contributed by atoms with Gasteiger partial charge < -0.3 is 24.1 Å². The number of aliphatic hydroxyl groups is 1. The zero-order valence-corrected chi connectivity index (χ0v) is 25.4. The predicted octanol–water partition coefficient (Wildman–Crippen LogP) is 6.91. The molecule has 0 radical (unpaired) electrons. The SMILES string of the molecule is CCCCOc1ccc(C2C(=C(O)c3ccc(OCCC)cc3)C(=O)C(=O)N2c2nc3ccc(OC)cc3s2)cc1OC. The molecule has 1 atom stereocenters. The number of Topliss-reactive ketones (excluding diaryl/α,β-unsaturated/α-hetero) is 1. The number of benzene rings is 3. The van der Waals surface area contributed by atoms with Gasteiger partial charge in [0.25, 0.3) is 5.78 Å². The Morgan fingerprint density at radius 2 is 1.65 bits per heavy atom. The molecule has 0 saturated carbocycles. The average molecular weight is 603 g/mol. The van der Waals surface area contributed by atoms with E-state index in [1.54, 1.807) is 61.7 Å². The van der Waals surface area contributed by atoms with Gasteiger partial charge in [0, 0.05) is 5.56 Å². The second kappa shape index (κ2) is 13.2. The standard InChI is InChI=1S/C33H34N2O7S/c1-5-7-17-42-25-15-10-21(18-26(25)40-4)29-28(30(36)20-8-11-22(12-9-20)41-16-6-2)31(37)32(38)35(29)33-34-24-14-13-23(39-3)19-27(24)43-33/h8-15,18-19,29,36H,5-7,16-17H2,1-4H3. The van der Waals surface area contributed by atoms with Gasteiger partial charge in [-0.15, -0.1) is 0 Å². The maximum absolute atomic E-state index is 13.7. The van der Waals surface area contributed by atoms with Crippen LogP contribution in [0.2, 0.25) is 0 Å². The number of thiazole rings is 1. The monoisotopic (exact) mass is 602 g/mol. The first-order valence-electron chi connectivity index (χ1n) is 14.2. The van der Waals surface area contributed by atoms with Gasteiger partial charge in [0.15, 0.2) is 16.6 Å². The fraction of sp³-hybridized carbons (Fsp3) is 0.303. The molecule has 2 heterocycles. The lowest BCUT2D eigenvalue weighted by atomic mass is 9.95. The summed E-state index contributed by atoms with van der Waals surface area (Å²) in [4.78, 5) is 33.4. The maximum atomic E-state index is 13.7. The van der Waals surface area contributed by atoms with Crippen LogP contribution in [-0.2, 0) is 9.59 Å². The molecule has 4 aromatic rings. The van der Waals surface area contributed by atoms with Crippen molar-refractivity contribution in [2.45, 2.75) is 39.2 Å². The number of hydrogen-bond acceptors (Lipinski definition) is 9. The molecule has 224 valence electrons. The Labute approximate surface area is 254 Å². The van der Waals surface area contributed by atoms with Crippen LogP contribution in [0.15, 0.2) is 66.2 Å². The molecule has 3 aromatic carbocycles. The Hall–Kier alpha value is -4.57. The fourth-order valence-electron chi connectivity index (χ4n) is 4.85. The summed E-state index contributed by atoms with van der Waals surface area (Å²) in [7, 11) is 3.11. The van der Waals surface area contributed by atoms with E-state index in [-0.39, 0.29) is 11.3 Å². The number of rotatable bonds is 12. The van der Waals surface area contributed by atoms with Crippen molar-refractivity contribution in [2.75, 3.05) is 32.3 Å². The number of unbranched alkanes of at least 4 members (excludes halogenated alkanes) is 1. The number of aromatic nitrogens is 1. The minimum absolute atomic E-state index is 0.0502. The van der Waals surface area contributed by atoms with Gasteiger partial charge in [-0.25, -0.2) is 4.98 Å². The highest BCUT2D eigenvalue weighted by Crippen LogP contribution is 2.46. The second-order valence-corrected chi connectivity index (χ2v) is 11.0. The lowest BCUT2D eigenvalue weighted by Gasteiger charge is -2.24. The summed E-state index contributed by atoms with van der Waals surface area (Å²) >= 11 is 1.26. The highest BCUT2D eigenvalue weighted by molar-refractivity contribution is 7.22. The van der Waals surface area contributed by atoms with Gasteiger partial charge in [0.1, 0.15) is 17.3 Å². The zero-order valence-electron chi connectivity index (χ0n) is 24.6. The Bertz CT molecular complexity index is 1660. The number of carbonyl (C=O) groups is 2. The topological polar surface area (TPSA) is 107 Å². The third kappa shape index (κ3) is 6.01. The van der Waals surface area contributed by atoms with E-state index in [1.807, 2.05) is 13.0 Å². The summed E-state index contributed by atoms with van der Waals surface area (Å²) in [5.41, 5.74) is 1.54. The van der Waals surface area contributed by atoms with Crippen LogP contribution in [0.3, 0.4) is 0 Å². The average Bonchev–Trinajstić information content (AvgIpc) is 3.57. The third-order valence-electron chi connectivity index (χ3n) is 7.09. The van der Waals surface area contributed by atoms with Crippen molar-refractivity contribution in [1.82, 2.24) is 4.98 Å². The summed E-state index contributed by atoms with van der Waals surface area (Å²) in [6, 6.07) is 16.5. The quantitative estimate of drug-likeness (QED) is 0.0807. The first-order chi connectivity index (χ1) is 20.9. The molecule has 1 N–H and O–H groups in total. The van der Waals surface area contributed by atoms with Crippen molar-refractivity contribution in [3.05, 3.63) is 77.4 Å². The Kier molecular flexibility index (Phi) is 9.16. The number of aliphatic hydroxyl groups excluding tert-OH is 1. The molecular weight excluding hydrogens is 568 g/mol. The van der Waals surface area contributed by atoms with E-state index in [0.29, 0.717) is 58.0 Å². The van der Waals surface area contributed by atoms with Crippen molar-refractivity contribution in [3.8, 4) is 23.0 Å². The molecule has 0 bridgehead atoms. The van der Waals surface area contributed by atoms with E-state index in [9.17, 15) is 14.7 Å². The molecule has 0 spiro atoms. The van der Waals surface area contributed by atoms with Gasteiger partial charge in [-0.05, 0) is 73.0 Å². The highest BCUT2D eigenvalue weighted by Gasteiger charge is 2.48. The molecule has 1 unspecified atom stereocenters. The molecule has 0 aliphatic carbocycles. The number of fused-ring (bicyclic) bond motifs is 1. The van der Waals surface area contributed by atoms with Crippen LogP contribution in [0.25, 0.3) is 16.0 Å². The number of amides is 1. The molecule has 1 amide bonds. The van der Waals surface area contributed by atoms with Gasteiger partial charge in [-0.3, -0.25) is 14.5 Å². The molecule has 43 heavy (non-hydrogen) atoms. The van der Waals surface area contributed by atoms with Crippen molar-refractivity contribution in [2.24, 2.45) is 0 Å². The van der Waals surface area contributed by atoms with Gasteiger partial charge >= 0.3 is 5.91 Å². The van der Waals surface area contributed by atoms with Crippen LogP contribution in [0.1, 0.15) is 50.3 Å². The number of ether oxygens (including phenoxy) is 4. The summed E-state index contributed by atoms with van der Waals surface area (Å²) in [5, 5.41) is 11.9. The van der Waals surface area contributed by atoms with Crippen LogP contribution in [0.5, 0.6) is 23.0 Å². The smallest absolute Gasteiger partial charge is 0.301 e. The van der Waals surface area contributed by atoms with Crippen LogP contribution < -0.4 is 23.8 Å². The molecule has 5 rings (SSSR count). The van der Waals surface area contributed by atoms with Gasteiger partial charge in [-0.1, -0.05) is 37.7 Å². The van der Waals surface area contributed by atoms with Crippen LogP contribution in [0, 0.1) is 0 Å². The molecule has 10 heteroatoms. The van der Waals surface area contributed by atoms with Crippen LogP contribution in [-0.4, -0.2) is 49.2 Å². The minimum atomic E-state index is -0.975. The summed E-state index contributed by atoms with van der Waals surface area (Å²) < 4.78 is 23.4. The van der Waals surface area contributed by atoms with Crippen LogP contribution >= 0.6 is 11.3 Å². The second-order valence-electron chi connectivity index (χ2n) is 9.98. The number of nitrogens with zero attached hydrogens (tertiary/aromatic N) is 2. The largest absolute Gasteiger partial charge is 0.507 e. The number of methoxy groups -OCH3 is 2. The zero-order chi connectivity index (χ0) is 30.5. The predicted molar refractivity (Wildman–Crippen MR) is 167 cm³/mol.